The van der Waals surface area contributed by atoms with Crippen LogP contribution in [0.2, 0.25) is 5.15 Å². The minimum Gasteiger partial charge on any atom is -0.474 e. The van der Waals surface area contributed by atoms with E-state index in [1.54, 1.807) is 13.2 Å². The van der Waals surface area contributed by atoms with E-state index in [0.717, 1.165) is 18.8 Å². The van der Waals surface area contributed by atoms with E-state index in [1.165, 1.54) is 6.42 Å². The number of aromatic nitrogens is 2. The Hall–Kier alpha value is -0.870. The van der Waals surface area contributed by atoms with Gasteiger partial charge in [-0.15, -0.1) is 0 Å². The largest absolute Gasteiger partial charge is 0.474 e. The molecular formula is C14H21ClN2O2. The fraction of sp³-hybridized carbons (Fsp3) is 0.714. The summed E-state index contributed by atoms with van der Waals surface area (Å²) >= 11 is 5.97. The molecule has 4 nitrogen and oxygen atoms in total. The van der Waals surface area contributed by atoms with E-state index < -0.39 is 0 Å². The van der Waals surface area contributed by atoms with Crippen LogP contribution in [0.15, 0.2) is 6.07 Å². The monoisotopic (exact) mass is 284 g/mol. The molecule has 0 bridgehead atoms. The summed E-state index contributed by atoms with van der Waals surface area (Å²) in [5.41, 5.74) is 0. The van der Waals surface area contributed by atoms with Gasteiger partial charge in [0.15, 0.2) is 5.82 Å². The summed E-state index contributed by atoms with van der Waals surface area (Å²) in [6, 6.07) is 1.67. The number of halogens is 1. The van der Waals surface area contributed by atoms with Crippen LogP contribution in [0.25, 0.3) is 0 Å². The van der Waals surface area contributed by atoms with E-state index in [2.05, 4.69) is 23.8 Å². The molecule has 0 aromatic carbocycles. The highest BCUT2D eigenvalue weighted by molar-refractivity contribution is 6.29. The van der Waals surface area contributed by atoms with Gasteiger partial charge < -0.3 is 9.47 Å². The van der Waals surface area contributed by atoms with E-state index in [4.69, 9.17) is 21.1 Å². The lowest BCUT2D eigenvalue weighted by Gasteiger charge is -2.31. The van der Waals surface area contributed by atoms with Crippen molar-refractivity contribution in [2.75, 3.05) is 7.11 Å². The third kappa shape index (κ3) is 4.05. The molecule has 0 spiro atoms. The van der Waals surface area contributed by atoms with Crippen molar-refractivity contribution in [3.05, 3.63) is 17.0 Å². The van der Waals surface area contributed by atoms with Crippen molar-refractivity contribution in [3.8, 4) is 5.88 Å². The van der Waals surface area contributed by atoms with Crippen LogP contribution in [-0.2, 0) is 11.3 Å². The van der Waals surface area contributed by atoms with Gasteiger partial charge in [-0.25, -0.2) is 4.98 Å². The lowest BCUT2D eigenvalue weighted by atomic mass is 9.80. The summed E-state index contributed by atoms with van der Waals surface area (Å²) in [6.45, 7) is 4.93. The average molecular weight is 285 g/mol. The van der Waals surface area contributed by atoms with E-state index >= 15 is 0 Å². The van der Waals surface area contributed by atoms with E-state index in [-0.39, 0.29) is 6.10 Å². The second-order valence-electron chi connectivity index (χ2n) is 5.39. The summed E-state index contributed by atoms with van der Waals surface area (Å²) in [7, 11) is 1.61. The maximum atomic E-state index is 5.97. The Kier molecular flexibility index (Phi) is 4.99. The van der Waals surface area contributed by atoms with Crippen molar-refractivity contribution in [2.45, 2.75) is 45.8 Å². The van der Waals surface area contributed by atoms with Gasteiger partial charge in [-0.3, -0.25) is 0 Å². The molecule has 0 amide bonds. The fourth-order valence-corrected chi connectivity index (χ4v) is 2.66. The van der Waals surface area contributed by atoms with E-state index in [0.29, 0.717) is 29.4 Å². The zero-order valence-corrected chi connectivity index (χ0v) is 12.5. The number of ether oxygens (including phenoxy) is 2. The first kappa shape index (κ1) is 14.5. The number of nitrogens with zero attached hydrogens (tertiary/aromatic N) is 2. The van der Waals surface area contributed by atoms with Gasteiger partial charge in [0.2, 0.25) is 5.88 Å². The van der Waals surface area contributed by atoms with Crippen LogP contribution in [0.5, 0.6) is 5.88 Å². The van der Waals surface area contributed by atoms with Crippen LogP contribution in [0.4, 0.5) is 0 Å². The van der Waals surface area contributed by atoms with Gasteiger partial charge in [-0.2, -0.15) is 4.98 Å². The molecule has 19 heavy (non-hydrogen) atoms. The van der Waals surface area contributed by atoms with E-state index in [1.807, 2.05) is 0 Å². The third-order valence-electron chi connectivity index (χ3n) is 3.83. The lowest BCUT2D eigenvalue weighted by Crippen LogP contribution is -2.29. The minimum absolute atomic E-state index is 0.229. The molecule has 1 saturated carbocycles. The second-order valence-corrected chi connectivity index (χ2v) is 5.77. The van der Waals surface area contributed by atoms with Crippen LogP contribution in [-0.4, -0.2) is 23.2 Å². The maximum Gasteiger partial charge on any atom is 0.218 e. The van der Waals surface area contributed by atoms with E-state index in [9.17, 15) is 0 Å². The highest BCUT2D eigenvalue weighted by Crippen LogP contribution is 2.31. The Bertz CT molecular complexity index is 428. The van der Waals surface area contributed by atoms with Gasteiger partial charge in [0.05, 0.1) is 0 Å². The highest BCUT2D eigenvalue weighted by atomic mass is 35.5. The van der Waals surface area contributed by atoms with Crippen LogP contribution < -0.4 is 4.74 Å². The molecule has 0 aliphatic heterocycles. The van der Waals surface area contributed by atoms with Crippen molar-refractivity contribution < 1.29 is 9.47 Å². The molecule has 1 heterocycles. The van der Waals surface area contributed by atoms with Gasteiger partial charge in [-0.05, 0) is 31.1 Å². The first-order valence-corrected chi connectivity index (χ1v) is 7.15. The summed E-state index contributed by atoms with van der Waals surface area (Å²) in [5.74, 6) is 2.58. The molecule has 106 valence electrons. The van der Waals surface area contributed by atoms with Crippen LogP contribution in [0.1, 0.15) is 38.9 Å². The van der Waals surface area contributed by atoms with Gasteiger partial charge in [0.1, 0.15) is 17.9 Å². The van der Waals surface area contributed by atoms with Gasteiger partial charge in [0.25, 0.3) is 0 Å². The minimum atomic E-state index is 0.229. The van der Waals surface area contributed by atoms with Crippen LogP contribution >= 0.6 is 11.6 Å². The molecule has 3 unspecified atom stereocenters. The Morgan fingerprint density at radius 3 is 2.74 bits per heavy atom. The average Bonchev–Trinajstić information content (AvgIpc) is 2.33. The molecule has 1 aromatic rings. The van der Waals surface area contributed by atoms with Crippen molar-refractivity contribution in [2.24, 2.45) is 11.8 Å². The number of rotatable bonds is 4. The van der Waals surface area contributed by atoms with Crippen LogP contribution in [0.3, 0.4) is 0 Å². The summed E-state index contributed by atoms with van der Waals surface area (Å²) in [5, 5.41) is 0.397. The third-order valence-corrected chi connectivity index (χ3v) is 4.02. The van der Waals surface area contributed by atoms with Crippen molar-refractivity contribution in [1.29, 1.82) is 0 Å². The Balaban J connectivity index is 2.02. The standard InChI is InChI=1S/C14H21ClN2O2/c1-9-4-5-11(6-10(9)2)19-14-7-12(15)16-13(17-14)8-18-3/h7,9-11H,4-6,8H2,1-3H3. The van der Waals surface area contributed by atoms with Crippen molar-refractivity contribution >= 4 is 11.6 Å². The first-order chi connectivity index (χ1) is 9.08. The van der Waals surface area contributed by atoms with Crippen molar-refractivity contribution in [3.63, 3.8) is 0 Å². The summed E-state index contributed by atoms with van der Waals surface area (Å²) < 4.78 is 11.0. The summed E-state index contributed by atoms with van der Waals surface area (Å²) in [6.07, 6.45) is 3.58. The number of hydrogen-bond acceptors (Lipinski definition) is 4. The quantitative estimate of drug-likeness (QED) is 0.794. The SMILES string of the molecule is COCc1nc(Cl)cc(OC2CCC(C)C(C)C2)n1. The predicted octanol–water partition coefficient (Wildman–Crippen LogP) is 3.48. The molecule has 5 heteroatoms. The van der Waals surface area contributed by atoms with Crippen molar-refractivity contribution in [1.82, 2.24) is 9.97 Å². The van der Waals surface area contributed by atoms with Gasteiger partial charge in [-0.1, -0.05) is 25.4 Å². The topological polar surface area (TPSA) is 44.2 Å². The van der Waals surface area contributed by atoms with Gasteiger partial charge in [0, 0.05) is 13.2 Å². The molecule has 1 aliphatic carbocycles. The maximum absolute atomic E-state index is 5.97. The fourth-order valence-electron chi connectivity index (χ4n) is 2.47. The smallest absolute Gasteiger partial charge is 0.218 e. The lowest BCUT2D eigenvalue weighted by molar-refractivity contribution is 0.0951. The molecule has 3 atom stereocenters. The molecule has 0 saturated heterocycles. The predicted molar refractivity (Wildman–Crippen MR) is 74.4 cm³/mol. The normalized spacial score (nSPS) is 27.3. The number of hydrogen-bond donors (Lipinski definition) is 0. The number of methoxy groups -OCH3 is 1. The molecule has 1 aliphatic rings. The summed E-state index contributed by atoms with van der Waals surface area (Å²) in [4.78, 5) is 8.41. The molecule has 1 aromatic heterocycles. The Labute approximate surface area is 119 Å². The zero-order valence-electron chi connectivity index (χ0n) is 11.7. The highest BCUT2D eigenvalue weighted by Gasteiger charge is 2.26. The van der Waals surface area contributed by atoms with Crippen LogP contribution in [0, 0.1) is 11.8 Å². The second kappa shape index (κ2) is 6.53. The molecule has 2 rings (SSSR count). The Morgan fingerprint density at radius 2 is 2.05 bits per heavy atom. The zero-order chi connectivity index (χ0) is 13.8. The van der Waals surface area contributed by atoms with Gasteiger partial charge >= 0.3 is 0 Å². The molecule has 1 fully saturated rings. The Morgan fingerprint density at radius 1 is 1.26 bits per heavy atom. The first-order valence-electron chi connectivity index (χ1n) is 6.77. The molecule has 0 radical (unpaired) electrons. The molecular weight excluding hydrogens is 264 g/mol. The molecule has 0 N–H and O–H groups in total.